The molecule has 0 aromatic heterocycles. The number of alkyl halides is 3. The summed E-state index contributed by atoms with van der Waals surface area (Å²) < 4.78 is 38.3. The lowest BCUT2D eigenvalue weighted by atomic mass is 10.0. The summed E-state index contributed by atoms with van der Waals surface area (Å²) in [7, 11) is 0. The van der Waals surface area contributed by atoms with Gasteiger partial charge in [-0.3, -0.25) is 0 Å². The van der Waals surface area contributed by atoms with Crippen LogP contribution in [-0.4, -0.2) is 0 Å². The third kappa shape index (κ3) is 2.51. The van der Waals surface area contributed by atoms with Crippen molar-refractivity contribution in [3.8, 4) is 11.1 Å². The maximum Gasteiger partial charge on any atom is 0.416 e. The molecule has 0 spiro atoms. The highest BCUT2D eigenvalue weighted by molar-refractivity contribution is 9.10. The van der Waals surface area contributed by atoms with Gasteiger partial charge in [-0.15, -0.1) is 0 Å². The fourth-order valence-electron chi connectivity index (χ4n) is 1.66. The number of nitrogen functional groups attached to an aromatic ring is 1. The minimum absolute atomic E-state index is 0.108. The van der Waals surface area contributed by atoms with E-state index in [9.17, 15) is 13.2 Å². The summed E-state index contributed by atoms with van der Waals surface area (Å²) >= 11 is 3.35. The van der Waals surface area contributed by atoms with Gasteiger partial charge in [0.25, 0.3) is 0 Å². The average Bonchev–Trinajstić information content (AvgIpc) is 2.29. The molecule has 2 aromatic carbocycles. The summed E-state index contributed by atoms with van der Waals surface area (Å²) in [5.41, 5.74) is 6.41. The van der Waals surface area contributed by atoms with Crippen LogP contribution in [0.15, 0.2) is 46.9 Å². The molecule has 2 aromatic rings. The van der Waals surface area contributed by atoms with Crippen LogP contribution in [0.4, 0.5) is 18.9 Å². The Morgan fingerprint density at radius 2 is 1.61 bits per heavy atom. The lowest BCUT2D eigenvalue weighted by Crippen LogP contribution is -2.06. The number of hydrogen-bond donors (Lipinski definition) is 1. The molecule has 18 heavy (non-hydrogen) atoms. The molecule has 2 rings (SSSR count). The van der Waals surface area contributed by atoms with Crippen molar-refractivity contribution in [1.82, 2.24) is 0 Å². The minimum Gasteiger partial charge on any atom is -0.398 e. The fourth-order valence-corrected chi connectivity index (χ4v) is 2.16. The molecule has 0 saturated heterocycles. The van der Waals surface area contributed by atoms with Gasteiger partial charge < -0.3 is 5.73 Å². The third-order valence-electron chi connectivity index (χ3n) is 2.54. The van der Waals surface area contributed by atoms with Crippen molar-refractivity contribution in [2.24, 2.45) is 0 Å². The van der Waals surface area contributed by atoms with Crippen molar-refractivity contribution in [2.45, 2.75) is 6.18 Å². The summed E-state index contributed by atoms with van der Waals surface area (Å²) in [6.07, 6.45) is -4.37. The average molecular weight is 316 g/mol. The Bertz CT molecular complexity index is 579. The van der Waals surface area contributed by atoms with Gasteiger partial charge in [0, 0.05) is 15.7 Å². The van der Waals surface area contributed by atoms with Gasteiger partial charge in [0.15, 0.2) is 0 Å². The van der Waals surface area contributed by atoms with Crippen LogP contribution in [0.3, 0.4) is 0 Å². The van der Waals surface area contributed by atoms with Gasteiger partial charge in [-0.05, 0) is 23.8 Å². The molecular weight excluding hydrogens is 307 g/mol. The lowest BCUT2D eigenvalue weighted by Gasteiger charge is -2.12. The van der Waals surface area contributed by atoms with Crippen molar-refractivity contribution < 1.29 is 13.2 Å². The van der Waals surface area contributed by atoms with Crippen LogP contribution in [0.25, 0.3) is 11.1 Å². The Balaban J connectivity index is 2.52. The van der Waals surface area contributed by atoms with Crippen LogP contribution in [0, 0.1) is 0 Å². The Hall–Kier alpha value is -1.49. The van der Waals surface area contributed by atoms with Gasteiger partial charge in [0.05, 0.1) is 5.56 Å². The normalized spacial score (nSPS) is 11.6. The van der Waals surface area contributed by atoms with E-state index in [1.165, 1.54) is 6.07 Å². The molecule has 0 radical (unpaired) electrons. The van der Waals surface area contributed by atoms with Gasteiger partial charge in [0.2, 0.25) is 0 Å². The zero-order chi connectivity index (χ0) is 13.3. The Labute approximate surface area is 111 Å². The van der Waals surface area contributed by atoms with E-state index in [1.807, 2.05) is 12.1 Å². The fraction of sp³-hybridized carbons (Fsp3) is 0.0769. The molecule has 0 heterocycles. The van der Waals surface area contributed by atoms with Crippen LogP contribution >= 0.6 is 15.9 Å². The van der Waals surface area contributed by atoms with Crippen LogP contribution in [0.1, 0.15) is 5.56 Å². The first-order valence-electron chi connectivity index (χ1n) is 5.11. The molecule has 0 aliphatic carbocycles. The minimum atomic E-state index is -4.37. The maximum absolute atomic E-state index is 12.5. The van der Waals surface area contributed by atoms with E-state index >= 15 is 0 Å². The second-order valence-electron chi connectivity index (χ2n) is 3.78. The summed E-state index contributed by atoms with van der Waals surface area (Å²) in [5.74, 6) is 0. The van der Waals surface area contributed by atoms with E-state index in [0.717, 1.165) is 22.2 Å². The zero-order valence-electron chi connectivity index (χ0n) is 9.13. The smallest absolute Gasteiger partial charge is 0.398 e. The van der Waals surface area contributed by atoms with E-state index in [0.29, 0.717) is 5.56 Å². The standard InChI is InChI=1S/C13H9BrF3N/c14-11-4-2-1-3-9(11)10-6-5-8(7-12(10)18)13(15,16)17/h1-7H,18H2. The highest BCUT2D eigenvalue weighted by Crippen LogP contribution is 2.36. The highest BCUT2D eigenvalue weighted by Gasteiger charge is 2.30. The third-order valence-corrected chi connectivity index (χ3v) is 3.23. The number of rotatable bonds is 1. The van der Waals surface area contributed by atoms with Gasteiger partial charge in [0.1, 0.15) is 0 Å². The summed E-state index contributed by atoms with van der Waals surface area (Å²) in [6, 6.07) is 10.6. The monoisotopic (exact) mass is 315 g/mol. The zero-order valence-corrected chi connectivity index (χ0v) is 10.7. The predicted molar refractivity (Wildman–Crippen MR) is 69.0 cm³/mol. The van der Waals surface area contributed by atoms with Gasteiger partial charge in [-0.2, -0.15) is 13.2 Å². The second-order valence-corrected chi connectivity index (χ2v) is 4.63. The van der Waals surface area contributed by atoms with Crippen molar-refractivity contribution in [2.75, 3.05) is 5.73 Å². The summed E-state index contributed by atoms with van der Waals surface area (Å²) in [6.45, 7) is 0. The largest absolute Gasteiger partial charge is 0.416 e. The number of anilines is 1. The van der Waals surface area contributed by atoms with Crippen molar-refractivity contribution in [1.29, 1.82) is 0 Å². The van der Waals surface area contributed by atoms with E-state index in [-0.39, 0.29) is 5.69 Å². The van der Waals surface area contributed by atoms with Gasteiger partial charge in [-0.1, -0.05) is 40.2 Å². The molecule has 1 nitrogen and oxygen atoms in total. The van der Waals surface area contributed by atoms with E-state index in [4.69, 9.17) is 5.73 Å². The first-order chi connectivity index (χ1) is 8.39. The molecule has 2 N–H and O–H groups in total. The van der Waals surface area contributed by atoms with Crippen LogP contribution in [-0.2, 0) is 6.18 Å². The van der Waals surface area contributed by atoms with Crippen molar-refractivity contribution in [3.05, 3.63) is 52.5 Å². The summed E-state index contributed by atoms with van der Waals surface area (Å²) in [4.78, 5) is 0. The van der Waals surface area contributed by atoms with Crippen molar-refractivity contribution >= 4 is 21.6 Å². The predicted octanol–water partition coefficient (Wildman–Crippen LogP) is 4.72. The number of benzene rings is 2. The lowest BCUT2D eigenvalue weighted by molar-refractivity contribution is -0.137. The molecule has 0 unspecified atom stereocenters. The van der Waals surface area contributed by atoms with Crippen LogP contribution in [0.2, 0.25) is 0 Å². The molecule has 0 aliphatic rings. The van der Waals surface area contributed by atoms with Crippen LogP contribution in [0.5, 0.6) is 0 Å². The van der Waals surface area contributed by atoms with Crippen molar-refractivity contribution in [3.63, 3.8) is 0 Å². The molecule has 0 saturated carbocycles. The number of hydrogen-bond acceptors (Lipinski definition) is 1. The van der Waals surface area contributed by atoms with Crippen LogP contribution < -0.4 is 5.73 Å². The molecule has 0 amide bonds. The Morgan fingerprint density at radius 3 is 2.17 bits per heavy atom. The Kier molecular flexibility index (Phi) is 3.34. The second kappa shape index (κ2) is 4.65. The first-order valence-corrected chi connectivity index (χ1v) is 5.90. The van der Waals surface area contributed by atoms with E-state index in [1.54, 1.807) is 12.1 Å². The molecular formula is C13H9BrF3N. The highest BCUT2D eigenvalue weighted by atomic mass is 79.9. The van der Waals surface area contributed by atoms with E-state index in [2.05, 4.69) is 15.9 Å². The quantitative estimate of drug-likeness (QED) is 0.757. The molecule has 0 bridgehead atoms. The summed E-state index contributed by atoms with van der Waals surface area (Å²) in [5, 5.41) is 0. The van der Waals surface area contributed by atoms with E-state index < -0.39 is 11.7 Å². The SMILES string of the molecule is Nc1cc(C(F)(F)F)ccc1-c1ccccc1Br. The molecule has 0 aliphatic heterocycles. The van der Waals surface area contributed by atoms with Gasteiger partial charge in [-0.25, -0.2) is 0 Å². The molecule has 94 valence electrons. The first kappa shape index (κ1) is 13.0. The molecule has 5 heteroatoms. The number of halogens is 4. The van der Waals surface area contributed by atoms with Gasteiger partial charge >= 0.3 is 6.18 Å². The molecule has 0 fully saturated rings. The maximum atomic E-state index is 12.5. The topological polar surface area (TPSA) is 26.0 Å². The number of nitrogens with two attached hydrogens (primary N) is 1. The molecule has 0 atom stereocenters. The Morgan fingerprint density at radius 1 is 0.944 bits per heavy atom.